The maximum atomic E-state index is 11.5. The lowest BCUT2D eigenvalue weighted by atomic mass is 10.1. The fourth-order valence-electron chi connectivity index (χ4n) is 1.94. The molecule has 2 aromatic rings. The van der Waals surface area contributed by atoms with Crippen LogP contribution in [0.1, 0.15) is 16.7 Å². The number of amides is 2. The van der Waals surface area contributed by atoms with Crippen molar-refractivity contribution in [1.82, 2.24) is 5.32 Å². The Morgan fingerprint density at radius 2 is 1.64 bits per heavy atom. The Labute approximate surface area is 132 Å². The first kappa shape index (κ1) is 14.2. The van der Waals surface area contributed by atoms with Crippen LogP contribution in [-0.4, -0.2) is 11.1 Å². The Morgan fingerprint density at radius 1 is 0.909 bits per heavy atom. The molecule has 1 saturated heterocycles. The number of hydrogen-bond donors (Lipinski definition) is 1. The first-order chi connectivity index (χ1) is 10.7. The van der Waals surface area contributed by atoms with Gasteiger partial charge in [-0.2, -0.15) is 0 Å². The van der Waals surface area contributed by atoms with E-state index in [2.05, 4.69) is 17.2 Å². The standard InChI is InChI=1S/C18H11NO2S/c20-17-16(22-18(21)19-17)12-15-8-4-7-14(11-15)10-9-13-5-2-1-3-6-13/h1-8,11-12H,(H,19,20,21). The highest BCUT2D eigenvalue weighted by Gasteiger charge is 2.24. The van der Waals surface area contributed by atoms with Crippen molar-refractivity contribution >= 4 is 29.0 Å². The summed E-state index contributed by atoms with van der Waals surface area (Å²) in [6.45, 7) is 0. The first-order valence-corrected chi connectivity index (χ1v) is 7.44. The summed E-state index contributed by atoms with van der Waals surface area (Å²) in [5.74, 6) is 5.83. The van der Waals surface area contributed by atoms with E-state index < -0.39 is 0 Å². The second-order valence-corrected chi connectivity index (χ2v) is 5.61. The second-order valence-electron chi connectivity index (χ2n) is 4.59. The molecule has 1 aliphatic rings. The summed E-state index contributed by atoms with van der Waals surface area (Å²) >= 11 is 0.910. The second kappa shape index (κ2) is 6.33. The summed E-state index contributed by atoms with van der Waals surface area (Å²) < 4.78 is 0. The number of rotatable bonds is 1. The van der Waals surface area contributed by atoms with Crippen molar-refractivity contribution in [1.29, 1.82) is 0 Å². The van der Waals surface area contributed by atoms with Crippen LogP contribution in [0.4, 0.5) is 4.79 Å². The van der Waals surface area contributed by atoms with Crippen LogP contribution in [0, 0.1) is 11.8 Å². The van der Waals surface area contributed by atoms with E-state index in [9.17, 15) is 9.59 Å². The molecule has 1 aliphatic heterocycles. The average molecular weight is 305 g/mol. The van der Waals surface area contributed by atoms with Crippen molar-refractivity contribution in [3.8, 4) is 11.8 Å². The minimum Gasteiger partial charge on any atom is -0.282 e. The van der Waals surface area contributed by atoms with Crippen LogP contribution < -0.4 is 5.32 Å². The summed E-state index contributed by atoms with van der Waals surface area (Å²) in [4.78, 5) is 23.1. The molecule has 3 rings (SSSR count). The third-order valence-corrected chi connectivity index (χ3v) is 3.76. The van der Waals surface area contributed by atoms with Gasteiger partial charge in [0.25, 0.3) is 11.1 Å². The number of benzene rings is 2. The Hall–Kier alpha value is -2.77. The normalized spacial score (nSPS) is 15.4. The number of nitrogens with one attached hydrogen (secondary N) is 1. The molecule has 0 unspecified atom stereocenters. The van der Waals surface area contributed by atoms with Gasteiger partial charge in [-0.3, -0.25) is 14.9 Å². The van der Waals surface area contributed by atoms with Gasteiger partial charge in [0.2, 0.25) is 0 Å². The topological polar surface area (TPSA) is 46.2 Å². The van der Waals surface area contributed by atoms with Gasteiger partial charge in [-0.15, -0.1) is 0 Å². The van der Waals surface area contributed by atoms with E-state index in [0.717, 1.165) is 28.5 Å². The maximum absolute atomic E-state index is 11.5. The van der Waals surface area contributed by atoms with Crippen molar-refractivity contribution in [2.75, 3.05) is 0 Å². The maximum Gasteiger partial charge on any atom is 0.290 e. The van der Waals surface area contributed by atoms with Gasteiger partial charge in [-0.1, -0.05) is 42.2 Å². The molecule has 0 atom stereocenters. The fraction of sp³-hybridized carbons (Fsp3) is 0. The number of thioether (sulfide) groups is 1. The van der Waals surface area contributed by atoms with Crippen molar-refractivity contribution in [3.05, 3.63) is 76.2 Å². The van der Waals surface area contributed by atoms with Crippen molar-refractivity contribution in [2.24, 2.45) is 0 Å². The summed E-state index contributed by atoms with van der Waals surface area (Å²) in [7, 11) is 0. The summed E-state index contributed by atoms with van der Waals surface area (Å²) in [6.07, 6.45) is 1.69. The van der Waals surface area contributed by atoms with Gasteiger partial charge in [-0.05, 0) is 47.7 Å². The summed E-state index contributed by atoms with van der Waals surface area (Å²) in [5.41, 5.74) is 2.64. The Kier molecular flexibility index (Phi) is 4.08. The lowest BCUT2D eigenvalue weighted by Gasteiger charge is -1.96. The Morgan fingerprint density at radius 3 is 2.36 bits per heavy atom. The zero-order valence-electron chi connectivity index (χ0n) is 11.5. The van der Waals surface area contributed by atoms with Crippen LogP contribution >= 0.6 is 11.8 Å². The van der Waals surface area contributed by atoms with E-state index in [1.54, 1.807) is 6.08 Å². The Balaban J connectivity index is 1.85. The molecule has 0 aliphatic carbocycles. The lowest BCUT2D eigenvalue weighted by molar-refractivity contribution is -0.115. The molecule has 4 heteroatoms. The van der Waals surface area contributed by atoms with Gasteiger partial charge in [0.15, 0.2) is 0 Å². The van der Waals surface area contributed by atoms with Crippen molar-refractivity contribution in [3.63, 3.8) is 0 Å². The molecule has 3 nitrogen and oxygen atoms in total. The highest BCUT2D eigenvalue weighted by molar-refractivity contribution is 8.18. The molecule has 1 heterocycles. The highest BCUT2D eigenvalue weighted by Crippen LogP contribution is 2.25. The van der Waals surface area contributed by atoms with Gasteiger partial charge in [0.1, 0.15) is 0 Å². The minimum atomic E-state index is -0.351. The third-order valence-electron chi connectivity index (χ3n) is 2.95. The molecule has 2 aromatic carbocycles. The lowest BCUT2D eigenvalue weighted by Crippen LogP contribution is -2.17. The molecule has 0 saturated carbocycles. The van der Waals surface area contributed by atoms with Crippen molar-refractivity contribution < 1.29 is 9.59 Å². The predicted molar refractivity (Wildman–Crippen MR) is 88.0 cm³/mol. The number of hydrogen-bond acceptors (Lipinski definition) is 3. The highest BCUT2D eigenvalue weighted by atomic mass is 32.2. The molecule has 106 valence electrons. The van der Waals surface area contributed by atoms with Gasteiger partial charge in [0, 0.05) is 11.1 Å². The quantitative estimate of drug-likeness (QED) is 0.649. The van der Waals surface area contributed by atoms with Crippen LogP contribution in [0.3, 0.4) is 0 Å². The molecule has 0 bridgehead atoms. The zero-order valence-corrected chi connectivity index (χ0v) is 12.3. The first-order valence-electron chi connectivity index (χ1n) is 6.63. The zero-order chi connectivity index (χ0) is 15.4. The summed E-state index contributed by atoms with van der Waals surface area (Å²) in [6, 6.07) is 17.3. The van der Waals surface area contributed by atoms with Crippen LogP contribution in [0.25, 0.3) is 6.08 Å². The van der Waals surface area contributed by atoms with E-state index in [-0.39, 0.29) is 11.1 Å². The van der Waals surface area contributed by atoms with Crippen LogP contribution in [0.5, 0.6) is 0 Å². The van der Waals surface area contributed by atoms with Gasteiger partial charge < -0.3 is 0 Å². The average Bonchev–Trinajstić information content (AvgIpc) is 2.84. The molecular weight excluding hydrogens is 294 g/mol. The van der Waals surface area contributed by atoms with E-state index >= 15 is 0 Å². The number of carbonyl (C=O) groups is 2. The monoisotopic (exact) mass is 305 g/mol. The van der Waals surface area contributed by atoms with Crippen LogP contribution in [-0.2, 0) is 4.79 Å². The molecule has 0 spiro atoms. The van der Waals surface area contributed by atoms with Gasteiger partial charge in [0.05, 0.1) is 4.91 Å². The largest absolute Gasteiger partial charge is 0.290 e. The summed E-state index contributed by atoms with van der Waals surface area (Å²) in [5, 5.41) is 1.90. The van der Waals surface area contributed by atoms with Crippen LogP contribution in [0.2, 0.25) is 0 Å². The van der Waals surface area contributed by atoms with E-state index in [1.807, 2.05) is 54.6 Å². The number of imide groups is 1. The number of carbonyl (C=O) groups excluding carboxylic acids is 2. The van der Waals surface area contributed by atoms with Crippen LogP contribution in [0.15, 0.2) is 59.5 Å². The molecular formula is C18H11NO2S. The minimum absolute atomic E-state index is 0.337. The molecule has 2 amide bonds. The Bertz CT molecular complexity index is 829. The third kappa shape index (κ3) is 3.46. The molecule has 22 heavy (non-hydrogen) atoms. The smallest absolute Gasteiger partial charge is 0.282 e. The van der Waals surface area contributed by atoms with E-state index in [1.165, 1.54) is 0 Å². The predicted octanol–water partition coefficient (Wildman–Crippen LogP) is 3.41. The van der Waals surface area contributed by atoms with Gasteiger partial charge >= 0.3 is 0 Å². The van der Waals surface area contributed by atoms with Crippen molar-refractivity contribution in [2.45, 2.75) is 0 Å². The molecule has 0 radical (unpaired) electrons. The molecule has 1 fully saturated rings. The van der Waals surface area contributed by atoms with Gasteiger partial charge in [-0.25, -0.2) is 0 Å². The fourth-order valence-corrected chi connectivity index (χ4v) is 2.63. The van der Waals surface area contributed by atoms with E-state index in [0.29, 0.717) is 4.91 Å². The SMILES string of the molecule is O=C1NC(=O)C(=Cc2cccc(C#Cc3ccccc3)c2)S1. The van der Waals surface area contributed by atoms with E-state index in [4.69, 9.17) is 0 Å². The molecule has 1 N–H and O–H groups in total. The molecule has 0 aromatic heterocycles.